The monoisotopic (exact) mass is 210 g/mol. The molecule has 15 heavy (non-hydrogen) atoms. The minimum Gasteiger partial charge on any atom is -0.299 e. The van der Waals surface area contributed by atoms with Crippen LogP contribution in [0.1, 0.15) is 64.1 Å². The van der Waals surface area contributed by atoms with E-state index in [-0.39, 0.29) is 5.56 Å². The number of nitrogens with one attached hydrogen (secondary N) is 1. The van der Waals surface area contributed by atoms with Gasteiger partial charge in [0.05, 0.1) is 0 Å². The van der Waals surface area contributed by atoms with Crippen molar-refractivity contribution in [3.05, 3.63) is 21.6 Å². The highest BCUT2D eigenvalue weighted by Crippen LogP contribution is 2.21. The number of nitrogens with zero attached hydrogens (tertiary/aromatic N) is 1. The number of rotatable bonds is 4. The molecule has 0 aliphatic rings. The Balaban J connectivity index is 3.27. The highest BCUT2D eigenvalue weighted by Gasteiger charge is 2.18. The van der Waals surface area contributed by atoms with Crippen LogP contribution in [0.4, 0.5) is 0 Å². The van der Waals surface area contributed by atoms with E-state index in [1.165, 1.54) is 0 Å². The van der Waals surface area contributed by atoms with Crippen molar-refractivity contribution in [3.63, 3.8) is 0 Å². The minimum atomic E-state index is 0.163. The Morgan fingerprint density at radius 1 is 1.20 bits per heavy atom. The smallest absolute Gasteiger partial charge is 0.270 e. The number of aromatic amines is 1. The number of aryl methyl sites for hydroxylation is 1. The van der Waals surface area contributed by atoms with Gasteiger partial charge < -0.3 is 0 Å². The molecular formula is C12H22N2O. The predicted octanol–water partition coefficient (Wildman–Crippen LogP) is 2.83. The van der Waals surface area contributed by atoms with Gasteiger partial charge in [-0.15, -0.1) is 0 Å². The number of hydrogen-bond donors (Lipinski definition) is 1. The largest absolute Gasteiger partial charge is 0.299 e. The van der Waals surface area contributed by atoms with Gasteiger partial charge in [0.15, 0.2) is 0 Å². The normalized spacial score (nSPS) is 11.7. The zero-order valence-electron chi connectivity index (χ0n) is 10.4. The van der Waals surface area contributed by atoms with E-state index in [2.05, 4.69) is 39.7 Å². The van der Waals surface area contributed by atoms with E-state index in [1.807, 2.05) is 0 Å². The quantitative estimate of drug-likeness (QED) is 0.815. The van der Waals surface area contributed by atoms with Crippen molar-refractivity contribution >= 4 is 0 Å². The van der Waals surface area contributed by atoms with Gasteiger partial charge in [-0.1, -0.05) is 34.6 Å². The maximum Gasteiger partial charge on any atom is 0.270 e. The first-order chi connectivity index (χ1) is 6.99. The van der Waals surface area contributed by atoms with Gasteiger partial charge in [-0.25, -0.2) is 0 Å². The van der Waals surface area contributed by atoms with Gasteiger partial charge in [0.1, 0.15) is 0 Å². The van der Waals surface area contributed by atoms with E-state index >= 15 is 0 Å². The lowest BCUT2D eigenvalue weighted by Gasteiger charge is -2.07. The van der Waals surface area contributed by atoms with Crippen molar-refractivity contribution < 1.29 is 0 Å². The molecule has 0 fully saturated rings. The fourth-order valence-electron chi connectivity index (χ4n) is 1.90. The second-order valence-corrected chi connectivity index (χ2v) is 4.71. The zero-order valence-corrected chi connectivity index (χ0v) is 10.4. The van der Waals surface area contributed by atoms with Gasteiger partial charge in [0.25, 0.3) is 5.56 Å². The number of aromatic nitrogens is 2. The third-order valence-electron chi connectivity index (χ3n) is 2.62. The minimum absolute atomic E-state index is 0.163. The Kier molecular flexibility index (Phi) is 3.77. The van der Waals surface area contributed by atoms with Crippen LogP contribution in [-0.4, -0.2) is 9.78 Å². The second-order valence-electron chi connectivity index (χ2n) is 4.71. The summed E-state index contributed by atoms with van der Waals surface area (Å²) in [5.41, 5.74) is 2.22. The van der Waals surface area contributed by atoms with Crippen LogP contribution in [0.25, 0.3) is 0 Å². The molecule has 3 nitrogen and oxygen atoms in total. The van der Waals surface area contributed by atoms with Crippen molar-refractivity contribution in [2.45, 2.75) is 59.4 Å². The van der Waals surface area contributed by atoms with Crippen LogP contribution in [0, 0.1) is 0 Å². The van der Waals surface area contributed by atoms with E-state index in [9.17, 15) is 4.79 Å². The van der Waals surface area contributed by atoms with Gasteiger partial charge in [0.2, 0.25) is 0 Å². The lowest BCUT2D eigenvalue weighted by molar-refractivity contribution is 0.572. The molecule has 86 valence electrons. The SMILES string of the molecule is CCCn1[nH]c(C(C)C)c(C(C)C)c1=O. The Morgan fingerprint density at radius 2 is 1.80 bits per heavy atom. The number of H-pyrrole nitrogens is 1. The van der Waals surface area contributed by atoms with Crippen molar-refractivity contribution in [2.75, 3.05) is 0 Å². The molecule has 0 unspecified atom stereocenters. The molecule has 1 N–H and O–H groups in total. The molecular weight excluding hydrogens is 188 g/mol. The van der Waals surface area contributed by atoms with E-state index < -0.39 is 0 Å². The summed E-state index contributed by atoms with van der Waals surface area (Å²) in [4.78, 5) is 12.1. The molecule has 1 aromatic rings. The van der Waals surface area contributed by atoms with Gasteiger partial charge in [0, 0.05) is 17.8 Å². The van der Waals surface area contributed by atoms with Crippen molar-refractivity contribution in [1.29, 1.82) is 0 Å². The molecule has 0 saturated carbocycles. The lowest BCUT2D eigenvalue weighted by Crippen LogP contribution is -2.19. The van der Waals surface area contributed by atoms with Crippen molar-refractivity contribution in [3.8, 4) is 0 Å². The van der Waals surface area contributed by atoms with Gasteiger partial charge >= 0.3 is 0 Å². The molecule has 0 aromatic carbocycles. The summed E-state index contributed by atoms with van der Waals surface area (Å²) >= 11 is 0. The Hall–Kier alpha value is -0.990. The highest BCUT2D eigenvalue weighted by atomic mass is 16.1. The Bertz CT molecular complexity index is 371. The fourth-order valence-corrected chi connectivity index (χ4v) is 1.90. The van der Waals surface area contributed by atoms with Gasteiger partial charge in [-0.3, -0.25) is 14.6 Å². The summed E-state index contributed by atoms with van der Waals surface area (Å²) < 4.78 is 1.74. The van der Waals surface area contributed by atoms with Crippen LogP contribution in [0.5, 0.6) is 0 Å². The first-order valence-corrected chi connectivity index (χ1v) is 5.81. The maximum atomic E-state index is 12.1. The second kappa shape index (κ2) is 4.69. The molecule has 0 saturated heterocycles. The molecule has 1 heterocycles. The molecule has 1 aromatic heterocycles. The first kappa shape index (κ1) is 12.1. The van der Waals surface area contributed by atoms with Crippen LogP contribution in [-0.2, 0) is 6.54 Å². The molecule has 0 radical (unpaired) electrons. The highest BCUT2D eigenvalue weighted by molar-refractivity contribution is 5.23. The standard InChI is InChI=1S/C12H22N2O/c1-6-7-14-12(15)10(8(2)3)11(13-14)9(4)5/h8-9,13H,6-7H2,1-5H3. The van der Waals surface area contributed by atoms with Gasteiger partial charge in [-0.05, 0) is 18.3 Å². The number of hydrogen-bond acceptors (Lipinski definition) is 1. The van der Waals surface area contributed by atoms with Crippen molar-refractivity contribution in [2.24, 2.45) is 0 Å². The maximum absolute atomic E-state index is 12.1. The predicted molar refractivity (Wildman–Crippen MR) is 63.5 cm³/mol. The third kappa shape index (κ3) is 2.33. The Morgan fingerprint density at radius 3 is 2.13 bits per heavy atom. The zero-order chi connectivity index (χ0) is 11.6. The molecule has 0 bridgehead atoms. The lowest BCUT2D eigenvalue weighted by atomic mass is 9.98. The average molecular weight is 210 g/mol. The summed E-state index contributed by atoms with van der Waals surface area (Å²) in [6, 6.07) is 0. The third-order valence-corrected chi connectivity index (χ3v) is 2.62. The molecule has 0 aliphatic carbocycles. The molecule has 0 atom stereocenters. The van der Waals surface area contributed by atoms with Crippen LogP contribution in [0.15, 0.2) is 4.79 Å². The molecule has 0 amide bonds. The van der Waals surface area contributed by atoms with Crippen LogP contribution in [0.2, 0.25) is 0 Å². The average Bonchev–Trinajstić information content (AvgIpc) is 2.44. The summed E-state index contributed by atoms with van der Waals surface area (Å²) in [5.74, 6) is 0.678. The van der Waals surface area contributed by atoms with E-state index in [4.69, 9.17) is 0 Å². The topological polar surface area (TPSA) is 37.8 Å². The fraction of sp³-hybridized carbons (Fsp3) is 0.750. The summed E-state index contributed by atoms with van der Waals surface area (Å²) in [6.45, 7) is 11.3. The summed E-state index contributed by atoms with van der Waals surface area (Å²) in [7, 11) is 0. The Labute approximate surface area is 91.5 Å². The first-order valence-electron chi connectivity index (χ1n) is 5.81. The summed E-state index contributed by atoms with van der Waals surface area (Å²) in [6.07, 6.45) is 0.982. The molecule has 0 spiro atoms. The van der Waals surface area contributed by atoms with E-state index in [1.54, 1.807) is 4.68 Å². The van der Waals surface area contributed by atoms with Gasteiger partial charge in [-0.2, -0.15) is 0 Å². The molecule has 0 aliphatic heterocycles. The summed E-state index contributed by atoms with van der Waals surface area (Å²) in [5, 5.41) is 3.24. The van der Waals surface area contributed by atoms with Crippen LogP contribution < -0.4 is 5.56 Å². The van der Waals surface area contributed by atoms with Crippen LogP contribution in [0.3, 0.4) is 0 Å². The van der Waals surface area contributed by atoms with Crippen LogP contribution >= 0.6 is 0 Å². The molecule has 3 heteroatoms. The van der Waals surface area contributed by atoms with E-state index in [0.29, 0.717) is 11.8 Å². The van der Waals surface area contributed by atoms with E-state index in [0.717, 1.165) is 24.2 Å². The molecule has 1 rings (SSSR count). The van der Waals surface area contributed by atoms with Crippen molar-refractivity contribution in [1.82, 2.24) is 9.78 Å².